The Bertz CT molecular complexity index is 1040. The molecule has 0 bridgehead atoms. The Morgan fingerprint density at radius 2 is 1.61 bits per heavy atom. The lowest BCUT2D eigenvalue weighted by atomic mass is 10.1. The highest BCUT2D eigenvalue weighted by atomic mass is 16.5. The summed E-state index contributed by atoms with van der Waals surface area (Å²) in [4.78, 5) is 12.5. The number of benzene rings is 2. The molecule has 0 aliphatic rings. The molecule has 0 spiro atoms. The predicted octanol–water partition coefficient (Wildman–Crippen LogP) is 3.76. The number of methoxy groups -OCH3 is 3. The lowest BCUT2D eigenvalue weighted by Gasteiger charge is -2.14. The molecule has 0 fully saturated rings. The van der Waals surface area contributed by atoms with E-state index < -0.39 is 0 Å². The maximum absolute atomic E-state index is 12.5. The third-order valence-electron chi connectivity index (χ3n) is 5.31. The van der Waals surface area contributed by atoms with Crippen LogP contribution in [0.15, 0.2) is 42.5 Å². The minimum absolute atomic E-state index is 0.0388. The molecule has 31 heavy (non-hydrogen) atoms. The van der Waals surface area contributed by atoms with Gasteiger partial charge in [-0.25, -0.2) is 4.68 Å². The van der Waals surface area contributed by atoms with Gasteiger partial charge in [-0.15, -0.1) is 0 Å². The summed E-state index contributed by atoms with van der Waals surface area (Å²) < 4.78 is 18.0. The van der Waals surface area contributed by atoms with Crippen LogP contribution in [0.1, 0.15) is 28.9 Å². The zero-order chi connectivity index (χ0) is 22.4. The van der Waals surface area contributed by atoms with Gasteiger partial charge < -0.3 is 19.5 Å². The summed E-state index contributed by atoms with van der Waals surface area (Å²) in [5, 5.41) is 7.62. The van der Waals surface area contributed by atoms with Crippen LogP contribution in [0.5, 0.6) is 17.2 Å². The van der Waals surface area contributed by atoms with Crippen LogP contribution in [-0.4, -0.2) is 37.0 Å². The topological polar surface area (TPSA) is 74.6 Å². The standard InChI is InChI=1S/C24H29N3O4/c1-16-20(17(2)27(26-16)19-9-7-6-8-10-19)11-12-24(28)25-15-18-13-22(30-4)23(31-5)14-21(18)29-3/h6-10,13-14H,11-12,15H2,1-5H3,(H,25,28). The molecular formula is C24H29N3O4. The molecule has 0 radical (unpaired) electrons. The summed E-state index contributed by atoms with van der Waals surface area (Å²) in [6.07, 6.45) is 0.997. The molecule has 2 aromatic carbocycles. The second-order valence-electron chi connectivity index (χ2n) is 7.19. The van der Waals surface area contributed by atoms with E-state index >= 15 is 0 Å². The molecule has 3 aromatic rings. The Kier molecular flexibility index (Phi) is 7.18. The van der Waals surface area contributed by atoms with Crippen molar-refractivity contribution in [3.8, 4) is 22.9 Å². The van der Waals surface area contributed by atoms with E-state index in [0.29, 0.717) is 36.6 Å². The first-order chi connectivity index (χ1) is 15.0. The maximum Gasteiger partial charge on any atom is 0.220 e. The molecule has 0 aliphatic carbocycles. The van der Waals surface area contributed by atoms with Gasteiger partial charge in [0.15, 0.2) is 11.5 Å². The molecular weight excluding hydrogens is 394 g/mol. The smallest absolute Gasteiger partial charge is 0.220 e. The monoisotopic (exact) mass is 423 g/mol. The minimum atomic E-state index is -0.0388. The van der Waals surface area contributed by atoms with Gasteiger partial charge in [-0.1, -0.05) is 18.2 Å². The molecule has 0 saturated carbocycles. The van der Waals surface area contributed by atoms with Gasteiger partial charge in [0, 0.05) is 30.3 Å². The van der Waals surface area contributed by atoms with Gasteiger partial charge in [-0.3, -0.25) is 4.79 Å². The summed E-state index contributed by atoms with van der Waals surface area (Å²) in [6, 6.07) is 13.6. The van der Waals surface area contributed by atoms with E-state index in [1.54, 1.807) is 27.4 Å². The number of rotatable bonds is 9. The number of aryl methyl sites for hydroxylation is 1. The van der Waals surface area contributed by atoms with Gasteiger partial charge in [-0.05, 0) is 44.0 Å². The summed E-state index contributed by atoms with van der Waals surface area (Å²) in [7, 11) is 4.73. The van der Waals surface area contributed by atoms with E-state index in [1.807, 2.05) is 54.9 Å². The summed E-state index contributed by atoms with van der Waals surface area (Å²) in [6.45, 7) is 4.35. The molecule has 1 heterocycles. The number of nitrogens with zero attached hydrogens (tertiary/aromatic N) is 2. The lowest BCUT2D eigenvalue weighted by molar-refractivity contribution is -0.121. The van der Waals surface area contributed by atoms with Crippen LogP contribution in [-0.2, 0) is 17.8 Å². The van der Waals surface area contributed by atoms with E-state index in [4.69, 9.17) is 14.2 Å². The Balaban J connectivity index is 1.65. The molecule has 1 aromatic heterocycles. The fraction of sp³-hybridized carbons (Fsp3) is 0.333. The van der Waals surface area contributed by atoms with Crippen LogP contribution in [0, 0.1) is 13.8 Å². The van der Waals surface area contributed by atoms with Crippen molar-refractivity contribution in [1.82, 2.24) is 15.1 Å². The number of hydrogen-bond acceptors (Lipinski definition) is 5. The third kappa shape index (κ3) is 4.99. The second kappa shape index (κ2) is 10.0. The molecule has 1 amide bonds. The number of carbonyl (C=O) groups excluding carboxylic acids is 1. The zero-order valence-electron chi connectivity index (χ0n) is 18.7. The van der Waals surface area contributed by atoms with Crippen LogP contribution in [0.4, 0.5) is 0 Å². The SMILES string of the molecule is COc1cc(OC)c(OC)cc1CNC(=O)CCc1c(C)nn(-c2ccccc2)c1C. The molecule has 3 rings (SSSR count). The Hall–Kier alpha value is -3.48. The first-order valence-electron chi connectivity index (χ1n) is 10.1. The first-order valence-corrected chi connectivity index (χ1v) is 10.1. The summed E-state index contributed by atoms with van der Waals surface area (Å²) in [5.74, 6) is 1.76. The van der Waals surface area contributed by atoms with Gasteiger partial charge >= 0.3 is 0 Å². The number of nitrogens with one attached hydrogen (secondary N) is 1. The van der Waals surface area contributed by atoms with Crippen molar-refractivity contribution in [3.63, 3.8) is 0 Å². The molecule has 164 valence electrons. The van der Waals surface area contributed by atoms with Crippen LogP contribution in [0.2, 0.25) is 0 Å². The fourth-order valence-electron chi connectivity index (χ4n) is 3.61. The number of carbonyl (C=O) groups is 1. The largest absolute Gasteiger partial charge is 0.496 e. The number of para-hydroxylation sites is 1. The minimum Gasteiger partial charge on any atom is -0.496 e. The average Bonchev–Trinajstić information content (AvgIpc) is 3.09. The van der Waals surface area contributed by atoms with Gasteiger partial charge in [0.1, 0.15) is 5.75 Å². The van der Waals surface area contributed by atoms with Crippen molar-refractivity contribution < 1.29 is 19.0 Å². The van der Waals surface area contributed by atoms with Crippen LogP contribution >= 0.6 is 0 Å². The normalized spacial score (nSPS) is 10.6. The van der Waals surface area contributed by atoms with Crippen LogP contribution < -0.4 is 19.5 Å². The highest BCUT2D eigenvalue weighted by Gasteiger charge is 2.15. The van der Waals surface area contributed by atoms with Crippen LogP contribution in [0.3, 0.4) is 0 Å². The van der Waals surface area contributed by atoms with E-state index in [1.165, 1.54) is 0 Å². The Morgan fingerprint density at radius 3 is 2.26 bits per heavy atom. The van der Waals surface area contributed by atoms with E-state index in [-0.39, 0.29) is 5.91 Å². The zero-order valence-corrected chi connectivity index (χ0v) is 18.7. The summed E-state index contributed by atoms with van der Waals surface area (Å²) >= 11 is 0. The molecule has 1 N–H and O–H groups in total. The Morgan fingerprint density at radius 1 is 0.968 bits per heavy atom. The third-order valence-corrected chi connectivity index (χ3v) is 5.31. The van der Waals surface area contributed by atoms with Gasteiger partial charge in [-0.2, -0.15) is 5.10 Å². The van der Waals surface area contributed by atoms with Gasteiger partial charge in [0.05, 0.1) is 32.7 Å². The number of ether oxygens (including phenoxy) is 3. The average molecular weight is 424 g/mol. The van der Waals surface area contributed by atoms with Crippen molar-refractivity contribution in [3.05, 3.63) is 65.0 Å². The van der Waals surface area contributed by atoms with Gasteiger partial charge in [0.2, 0.25) is 5.91 Å². The quantitative estimate of drug-likeness (QED) is 0.567. The van der Waals surface area contributed by atoms with E-state index in [2.05, 4.69) is 10.4 Å². The maximum atomic E-state index is 12.5. The molecule has 7 heteroatoms. The highest BCUT2D eigenvalue weighted by Crippen LogP contribution is 2.34. The summed E-state index contributed by atoms with van der Waals surface area (Å²) in [5.41, 5.74) is 4.92. The van der Waals surface area contributed by atoms with Crippen molar-refractivity contribution in [1.29, 1.82) is 0 Å². The van der Waals surface area contributed by atoms with Gasteiger partial charge in [0.25, 0.3) is 0 Å². The molecule has 7 nitrogen and oxygen atoms in total. The van der Waals surface area contributed by atoms with Crippen molar-refractivity contribution in [2.75, 3.05) is 21.3 Å². The van der Waals surface area contributed by atoms with Crippen molar-refractivity contribution >= 4 is 5.91 Å². The van der Waals surface area contributed by atoms with Crippen LogP contribution in [0.25, 0.3) is 5.69 Å². The molecule has 0 saturated heterocycles. The lowest BCUT2D eigenvalue weighted by Crippen LogP contribution is -2.23. The van der Waals surface area contributed by atoms with E-state index in [0.717, 1.165) is 28.2 Å². The highest BCUT2D eigenvalue weighted by molar-refractivity contribution is 5.76. The molecule has 0 atom stereocenters. The Labute approximate surface area is 182 Å². The van der Waals surface area contributed by atoms with Crippen molar-refractivity contribution in [2.45, 2.75) is 33.2 Å². The number of aromatic nitrogens is 2. The molecule has 0 aliphatic heterocycles. The van der Waals surface area contributed by atoms with Crippen molar-refractivity contribution in [2.24, 2.45) is 0 Å². The van der Waals surface area contributed by atoms with E-state index in [9.17, 15) is 4.79 Å². The fourth-order valence-corrected chi connectivity index (χ4v) is 3.61. The first kappa shape index (κ1) is 22.2. The molecule has 0 unspecified atom stereocenters. The number of hydrogen-bond donors (Lipinski definition) is 1. The number of amides is 1. The second-order valence-corrected chi connectivity index (χ2v) is 7.19. The predicted molar refractivity (Wildman–Crippen MR) is 119 cm³/mol.